The zero-order chi connectivity index (χ0) is 18.0. The Bertz CT molecular complexity index is 989. The van der Waals surface area contributed by atoms with Crippen LogP contribution in [0.15, 0.2) is 51.7 Å². The van der Waals surface area contributed by atoms with Crippen LogP contribution in [0.2, 0.25) is 0 Å². The zero-order valence-electron chi connectivity index (χ0n) is 13.4. The Hall–Kier alpha value is -3.15. The average molecular weight is 341 g/mol. The van der Waals surface area contributed by atoms with Gasteiger partial charge in [-0.25, -0.2) is 9.18 Å². The van der Waals surface area contributed by atoms with Crippen LogP contribution in [0.4, 0.5) is 4.39 Å². The standard InChI is InChI=1S/C19H15FO5/c1-11-15-7-6-14(24-10-12-2-4-13(20)5-3-12)8-17(15)25-19(23)16(11)9-18(21)22/h2-8H,9-10H2,1H3,(H,21,22)/p-1. The average Bonchev–Trinajstić information content (AvgIpc) is 2.57. The number of hydrogen-bond donors (Lipinski definition) is 0. The van der Waals surface area contributed by atoms with Gasteiger partial charge in [0.15, 0.2) is 0 Å². The molecule has 0 aliphatic rings. The van der Waals surface area contributed by atoms with Crippen LogP contribution in [0, 0.1) is 12.7 Å². The predicted octanol–water partition coefficient (Wildman–Crippen LogP) is 2.11. The first-order valence-corrected chi connectivity index (χ1v) is 7.57. The minimum absolute atomic E-state index is 0.0764. The maximum Gasteiger partial charge on any atom is 0.340 e. The number of carbonyl (C=O) groups excluding carboxylic acids is 1. The number of carboxylic acids is 1. The number of halogens is 1. The summed E-state index contributed by atoms with van der Waals surface area (Å²) in [5.41, 5.74) is 1.02. The smallest absolute Gasteiger partial charge is 0.340 e. The van der Waals surface area contributed by atoms with E-state index in [2.05, 4.69) is 0 Å². The van der Waals surface area contributed by atoms with Gasteiger partial charge < -0.3 is 19.1 Å². The fraction of sp³-hybridized carbons (Fsp3) is 0.158. The Morgan fingerprint density at radius 2 is 1.92 bits per heavy atom. The number of aryl methyl sites for hydroxylation is 1. The number of carboxylic acid groups (broad SMARTS) is 1. The fourth-order valence-electron chi connectivity index (χ4n) is 2.56. The second-order valence-electron chi connectivity index (χ2n) is 5.61. The topological polar surface area (TPSA) is 79.6 Å². The van der Waals surface area contributed by atoms with Gasteiger partial charge in [-0.05, 0) is 42.3 Å². The number of fused-ring (bicyclic) bond motifs is 1. The van der Waals surface area contributed by atoms with Crippen molar-refractivity contribution >= 4 is 16.9 Å². The van der Waals surface area contributed by atoms with E-state index in [0.717, 1.165) is 5.56 Å². The Labute approximate surface area is 142 Å². The molecule has 1 heterocycles. The lowest BCUT2D eigenvalue weighted by atomic mass is 10.0. The molecule has 1 aromatic heterocycles. The monoisotopic (exact) mass is 341 g/mol. The van der Waals surface area contributed by atoms with Crippen molar-refractivity contribution in [1.82, 2.24) is 0 Å². The van der Waals surface area contributed by atoms with Crippen LogP contribution in [0.25, 0.3) is 11.0 Å². The molecule has 5 nitrogen and oxygen atoms in total. The first-order chi connectivity index (χ1) is 11.9. The highest BCUT2D eigenvalue weighted by atomic mass is 19.1. The minimum atomic E-state index is -1.34. The maximum absolute atomic E-state index is 12.9. The van der Waals surface area contributed by atoms with Crippen molar-refractivity contribution in [1.29, 1.82) is 0 Å². The van der Waals surface area contributed by atoms with Gasteiger partial charge in [0.2, 0.25) is 0 Å². The van der Waals surface area contributed by atoms with Gasteiger partial charge in [0.05, 0.1) is 0 Å². The molecule has 2 aromatic carbocycles. The Morgan fingerprint density at radius 3 is 2.60 bits per heavy atom. The van der Waals surface area contributed by atoms with Gasteiger partial charge in [-0.15, -0.1) is 0 Å². The van der Waals surface area contributed by atoms with Crippen molar-refractivity contribution < 1.29 is 23.4 Å². The molecule has 0 atom stereocenters. The van der Waals surface area contributed by atoms with Crippen LogP contribution in [0.1, 0.15) is 16.7 Å². The molecule has 128 valence electrons. The molecule has 0 unspecified atom stereocenters. The highest BCUT2D eigenvalue weighted by Crippen LogP contribution is 2.25. The molecular formula is C19H14FO5-. The van der Waals surface area contributed by atoms with Crippen molar-refractivity contribution in [2.24, 2.45) is 0 Å². The molecule has 3 aromatic rings. The Morgan fingerprint density at radius 1 is 1.20 bits per heavy atom. The number of hydrogen-bond acceptors (Lipinski definition) is 5. The molecule has 0 aliphatic heterocycles. The van der Waals surface area contributed by atoms with Crippen LogP contribution in [0.3, 0.4) is 0 Å². The molecule has 0 radical (unpaired) electrons. The van der Waals surface area contributed by atoms with Gasteiger partial charge in [0.1, 0.15) is 23.8 Å². The quantitative estimate of drug-likeness (QED) is 0.664. The largest absolute Gasteiger partial charge is 0.550 e. The van der Waals surface area contributed by atoms with E-state index in [1.54, 1.807) is 37.3 Å². The normalized spacial score (nSPS) is 10.8. The van der Waals surface area contributed by atoms with E-state index in [1.165, 1.54) is 12.1 Å². The van der Waals surface area contributed by atoms with Crippen molar-refractivity contribution in [3.63, 3.8) is 0 Å². The maximum atomic E-state index is 12.9. The summed E-state index contributed by atoms with van der Waals surface area (Å²) >= 11 is 0. The zero-order valence-corrected chi connectivity index (χ0v) is 13.4. The highest BCUT2D eigenvalue weighted by molar-refractivity contribution is 5.83. The molecule has 0 spiro atoms. The van der Waals surface area contributed by atoms with Gasteiger partial charge >= 0.3 is 5.63 Å². The molecule has 0 bridgehead atoms. The molecular weight excluding hydrogens is 327 g/mol. The summed E-state index contributed by atoms with van der Waals surface area (Å²) < 4.78 is 23.7. The summed E-state index contributed by atoms with van der Waals surface area (Å²) in [6.45, 7) is 1.90. The highest BCUT2D eigenvalue weighted by Gasteiger charge is 2.12. The van der Waals surface area contributed by atoms with Crippen molar-refractivity contribution in [3.05, 3.63) is 75.4 Å². The van der Waals surface area contributed by atoms with Gasteiger partial charge in [-0.1, -0.05) is 12.1 Å². The fourth-order valence-corrected chi connectivity index (χ4v) is 2.56. The summed E-state index contributed by atoms with van der Waals surface area (Å²) in [4.78, 5) is 22.7. The third-order valence-electron chi connectivity index (χ3n) is 3.90. The SMILES string of the molecule is Cc1c(CC(=O)[O-])c(=O)oc2cc(OCc3ccc(F)cc3)ccc12. The van der Waals surface area contributed by atoms with Gasteiger partial charge in [-0.2, -0.15) is 0 Å². The molecule has 3 rings (SSSR count). The number of benzene rings is 2. The van der Waals surface area contributed by atoms with Crippen molar-refractivity contribution in [2.75, 3.05) is 0 Å². The lowest BCUT2D eigenvalue weighted by molar-refractivity contribution is -0.304. The van der Waals surface area contributed by atoms with E-state index in [9.17, 15) is 19.1 Å². The summed E-state index contributed by atoms with van der Waals surface area (Å²) in [5.74, 6) is -1.18. The van der Waals surface area contributed by atoms with Crippen molar-refractivity contribution in [2.45, 2.75) is 20.0 Å². The minimum Gasteiger partial charge on any atom is -0.550 e. The van der Waals surface area contributed by atoms with E-state index >= 15 is 0 Å². The molecule has 0 amide bonds. The van der Waals surface area contributed by atoms with Crippen LogP contribution in [-0.4, -0.2) is 5.97 Å². The van der Waals surface area contributed by atoms with E-state index in [1.807, 2.05) is 0 Å². The van der Waals surface area contributed by atoms with Gasteiger partial charge in [-0.3, -0.25) is 0 Å². The number of ether oxygens (including phenoxy) is 1. The lowest BCUT2D eigenvalue weighted by Gasteiger charge is -2.10. The lowest BCUT2D eigenvalue weighted by Crippen LogP contribution is -2.27. The third-order valence-corrected chi connectivity index (χ3v) is 3.90. The first kappa shape index (κ1) is 16.7. The van der Waals surface area contributed by atoms with E-state index in [0.29, 0.717) is 22.3 Å². The molecule has 6 heteroatoms. The summed E-state index contributed by atoms with van der Waals surface area (Å²) in [6, 6.07) is 10.9. The molecule has 0 aliphatic carbocycles. The number of carbonyl (C=O) groups is 1. The third kappa shape index (κ3) is 3.68. The number of rotatable bonds is 5. The predicted molar refractivity (Wildman–Crippen MR) is 86.7 cm³/mol. The Balaban J connectivity index is 1.88. The second-order valence-corrected chi connectivity index (χ2v) is 5.61. The first-order valence-electron chi connectivity index (χ1n) is 7.57. The van der Waals surface area contributed by atoms with Crippen LogP contribution in [0.5, 0.6) is 5.75 Å². The Kier molecular flexibility index (Phi) is 4.52. The van der Waals surface area contributed by atoms with E-state index in [4.69, 9.17) is 9.15 Å². The van der Waals surface area contributed by atoms with Gasteiger partial charge in [0.25, 0.3) is 0 Å². The summed E-state index contributed by atoms with van der Waals surface area (Å²) in [6.07, 6.45) is -0.493. The van der Waals surface area contributed by atoms with Gasteiger partial charge in [0, 0.05) is 29.4 Å². The van der Waals surface area contributed by atoms with Crippen LogP contribution >= 0.6 is 0 Å². The molecule has 25 heavy (non-hydrogen) atoms. The summed E-state index contributed by atoms with van der Waals surface area (Å²) in [7, 11) is 0. The van der Waals surface area contributed by atoms with Crippen molar-refractivity contribution in [3.8, 4) is 5.75 Å². The molecule has 0 saturated heterocycles. The van der Waals surface area contributed by atoms with E-state index in [-0.39, 0.29) is 18.0 Å². The van der Waals surface area contributed by atoms with E-state index < -0.39 is 18.0 Å². The second kappa shape index (κ2) is 6.76. The molecule has 0 saturated carbocycles. The molecule has 0 fully saturated rings. The molecule has 0 N–H and O–H groups in total. The summed E-state index contributed by atoms with van der Waals surface area (Å²) in [5, 5.41) is 11.4. The van der Waals surface area contributed by atoms with Crippen LogP contribution in [-0.2, 0) is 17.8 Å². The number of aliphatic carboxylic acids is 1. The van der Waals surface area contributed by atoms with Crippen LogP contribution < -0.4 is 15.5 Å².